The molecule has 1 N–H and O–H groups in total. The molecule has 1 heterocycles. The zero-order valence-corrected chi connectivity index (χ0v) is 17.1. The lowest BCUT2D eigenvalue weighted by Crippen LogP contribution is -2.46. The van der Waals surface area contributed by atoms with Crippen molar-refractivity contribution in [2.45, 2.75) is 31.5 Å². The van der Waals surface area contributed by atoms with Crippen LogP contribution in [0.5, 0.6) is 0 Å². The van der Waals surface area contributed by atoms with Gasteiger partial charge in [0.15, 0.2) is 0 Å². The third kappa shape index (κ3) is 5.59. The summed E-state index contributed by atoms with van der Waals surface area (Å²) in [6.45, 7) is 1.01. The van der Waals surface area contributed by atoms with Gasteiger partial charge in [0.25, 0.3) is 5.91 Å². The van der Waals surface area contributed by atoms with E-state index in [1.165, 1.54) is 17.0 Å². The number of hydrogen-bond donors (Lipinski definition) is 1. The van der Waals surface area contributed by atoms with Gasteiger partial charge in [0.1, 0.15) is 11.9 Å². The van der Waals surface area contributed by atoms with Gasteiger partial charge in [-0.05, 0) is 54.2 Å². The molecule has 156 valence electrons. The molecule has 7 heteroatoms. The maximum absolute atomic E-state index is 13.2. The van der Waals surface area contributed by atoms with Crippen molar-refractivity contribution in [2.75, 3.05) is 13.2 Å². The highest BCUT2D eigenvalue weighted by Crippen LogP contribution is 2.26. The molecule has 2 unspecified atom stereocenters. The third-order valence-electron chi connectivity index (χ3n) is 4.93. The largest absolute Gasteiger partial charge is 0.376 e. The average Bonchev–Trinajstić information content (AvgIpc) is 3.27. The second kappa shape index (κ2) is 10.2. The molecule has 2 aromatic rings. The van der Waals surface area contributed by atoms with E-state index in [9.17, 15) is 14.0 Å². The van der Waals surface area contributed by atoms with E-state index in [0.717, 1.165) is 18.4 Å². The van der Waals surface area contributed by atoms with Crippen LogP contribution in [0.25, 0.3) is 0 Å². The Kier molecular flexibility index (Phi) is 7.45. The van der Waals surface area contributed by atoms with E-state index in [2.05, 4.69) is 11.2 Å². The Morgan fingerprint density at radius 2 is 1.93 bits per heavy atom. The minimum atomic E-state index is -0.949. The van der Waals surface area contributed by atoms with Gasteiger partial charge < -0.3 is 15.0 Å². The molecule has 0 radical (unpaired) electrons. The molecule has 1 saturated heterocycles. The fraction of sp³-hybridized carbons (Fsp3) is 0.304. The van der Waals surface area contributed by atoms with E-state index in [-0.39, 0.29) is 25.0 Å². The fourth-order valence-electron chi connectivity index (χ4n) is 3.40. The number of hydrogen-bond acceptors (Lipinski definition) is 3. The summed E-state index contributed by atoms with van der Waals surface area (Å²) in [4.78, 5) is 27.1. The number of rotatable bonds is 7. The Labute approximate surface area is 180 Å². The van der Waals surface area contributed by atoms with Crippen molar-refractivity contribution in [3.63, 3.8) is 0 Å². The smallest absolute Gasteiger partial charge is 0.299 e. The molecule has 0 spiro atoms. The van der Waals surface area contributed by atoms with E-state index in [0.29, 0.717) is 17.2 Å². The van der Waals surface area contributed by atoms with E-state index >= 15 is 0 Å². The molecule has 1 aliphatic rings. The van der Waals surface area contributed by atoms with Gasteiger partial charge in [-0.2, -0.15) is 0 Å². The van der Waals surface area contributed by atoms with Crippen molar-refractivity contribution in [1.29, 1.82) is 0 Å². The van der Waals surface area contributed by atoms with Crippen LogP contribution in [0.1, 0.15) is 30.0 Å². The number of nitrogens with one attached hydrogen (secondary N) is 1. The molecule has 3 rings (SSSR count). The molecule has 0 bridgehead atoms. The van der Waals surface area contributed by atoms with Crippen LogP contribution in [0.15, 0.2) is 48.5 Å². The molecule has 1 fully saturated rings. The Balaban J connectivity index is 1.86. The van der Waals surface area contributed by atoms with E-state index in [1.807, 2.05) is 0 Å². The van der Waals surface area contributed by atoms with Crippen molar-refractivity contribution in [3.05, 3.63) is 70.5 Å². The summed E-state index contributed by atoms with van der Waals surface area (Å²) in [5.74, 6) is 0.769. The van der Waals surface area contributed by atoms with Gasteiger partial charge in [0, 0.05) is 24.7 Å². The number of benzene rings is 2. The zero-order chi connectivity index (χ0) is 21.5. The standard InChI is InChI=1S/C23H22ClFN2O3/c1-2-21(28)27(15-20-4-3-13-30-20)22(17-7-9-18(24)10-8-17)23(29)26-14-16-5-11-19(25)12-6-16/h1,5-12,20,22H,3-4,13-15H2,(H,26,29). The first-order chi connectivity index (χ1) is 14.5. The van der Waals surface area contributed by atoms with Crippen LogP contribution in [0.3, 0.4) is 0 Å². The van der Waals surface area contributed by atoms with Crippen molar-refractivity contribution < 1.29 is 18.7 Å². The van der Waals surface area contributed by atoms with Crippen LogP contribution < -0.4 is 5.32 Å². The normalized spacial score (nSPS) is 16.5. The van der Waals surface area contributed by atoms with Gasteiger partial charge in [-0.3, -0.25) is 9.59 Å². The van der Waals surface area contributed by atoms with Crippen molar-refractivity contribution in [2.24, 2.45) is 0 Å². The minimum absolute atomic E-state index is 0.179. The van der Waals surface area contributed by atoms with Gasteiger partial charge in [-0.15, -0.1) is 6.42 Å². The van der Waals surface area contributed by atoms with Crippen molar-refractivity contribution >= 4 is 23.4 Å². The summed E-state index contributed by atoms with van der Waals surface area (Å²) < 4.78 is 18.8. The first kappa shape index (κ1) is 21.8. The monoisotopic (exact) mass is 428 g/mol. The quantitative estimate of drug-likeness (QED) is 0.687. The number of nitrogens with zero attached hydrogens (tertiary/aromatic N) is 1. The lowest BCUT2D eigenvalue weighted by molar-refractivity contribution is -0.138. The number of carbonyl (C=O) groups excluding carboxylic acids is 2. The average molecular weight is 429 g/mol. The highest BCUT2D eigenvalue weighted by molar-refractivity contribution is 6.30. The number of ether oxygens (including phenoxy) is 1. The fourth-order valence-corrected chi connectivity index (χ4v) is 3.53. The predicted octanol–water partition coefficient (Wildman–Crippen LogP) is 3.48. The molecule has 0 aliphatic carbocycles. The Morgan fingerprint density at radius 1 is 1.23 bits per heavy atom. The topological polar surface area (TPSA) is 58.6 Å². The summed E-state index contributed by atoms with van der Waals surface area (Å²) in [5.41, 5.74) is 1.31. The molecule has 5 nitrogen and oxygen atoms in total. The van der Waals surface area contributed by atoms with Gasteiger partial charge >= 0.3 is 0 Å². The van der Waals surface area contributed by atoms with Crippen molar-refractivity contribution in [3.8, 4) is 12.3 Å². The lowest BCUT2D eigenvalue weighted by atomic mass is 10.0. The van der Waals surface area contributed by atoms with Gasteiger partial charge in [-0.25, -0.2) is 4.39 Å². The van der Waals surface area contributed by atoms with Crippen LogP contribution in [0.2, 0.25) is 5.02 Å². The first-order valence-corrected chi connectivity index (χ1v) is 10.0. The van der Waals surface area contributed by atoms with Crippen LogP contribution >= 0.6 is 11.6 Å². The molecule has 30 heavy (non-hydrogen) atoms. The summed E-state index contributed by atoms with van der Waals surface area (Å²) in [5, 5.41) is 3.33. The molecule has 2 atom stereocenters. The van der Waals surface area contributed by atoms with Gasteiger partial charge in [0.2, 0.25) is 5.91 Å². The zero-order valence-electron chi connectivity index (χ0n) is 16.3. The molecule has 0 saturated carbocycles. The van der Waals surface area contributed by atoms with Crippen LogP contribution in [-0.2, 0) is 20.9 Å². The SMILES string of the molecule is C#CC(=O)N(CC1CCCO1)C(C(=O)NCc1ccc(F)cc1)c1ccc(Cl)cc1. The summed E-state index contributed by atoms with van der Waals surface area (Å²) >= 11 is 5.99. The number of halogens is 2. The summed E-state index contributed by atoms with van der Waals surface area (Å²) in [6.07, 6.45) is 6.90. The number of carbonyl (C=O) groups is 2. The van der Waals surface area contributed by atoms with Gasteiger partial charge in [0.05, 0.1) is 6.10 Å². The predicted molar refractivity (Wildman–Crippen MR) is 112 cm³/mol. The maximum atomic E-state index is 13.2. The Morgan fingerprint density at radius 3 is 2.53 bits per heavy atom. The van der Waals surface area contributed by atoms with Crippen molar-refractivity contribution in [1.82, 2.24) is 10.2 Å². The highest BCUT2D eigenvalue weighted by Gasteiger charge is 2.33. The minimum Gasteiger partial charge on any atom is -0.376 e. The summed E-state index contributed by atoms with van der Waals surface area (Å²) in [6, 6.07) is 11.6. The van der Waals surface area contributed by atoms with E-state index < -0.39 is 17.9 Å². The second-order valence-corrected chi connectivity index (χ2v) is 7.47. The lowest BCUT2D eigenvalue weighted by Gasteiger charge is -2.31. The third-order valence-corrected chi connectivity index (χ3v) is 5.19. The van der Waals surface area contributed by atoms with Crippen LogP contribution in [0.4, 0.5) is 4.39 Å². The Hall–Kier alpha value is -2.88. The number of terminal acetylenes is 1. The van der Waals surface area contributed by atoms with Gasteiger partial charge in [-0.1, -0.05) is 35.9 Å². The van der Waals surface area contributed by atoms with Crippen LogP contribution in [-0.4, -0.2) is 36.0 Å². The van der Waals surface area contributed by atoms with E-state index in [1.54, 1.807) is 36.4 Å². The molecule has 0 aromatic heterocycles. The summed E-state index contributed by atoms with van der Waals surface area (Å²) in [7, 11) is 0. The first-order valence-electron chi connectivity index (χ1n) is 9.64. The molecular formula is C23H22ClFN2O3. The van der Waals surface area contributed by atoms with Crippen LogP contribution in [0, 0.1) is 18.2 Å². The maximum Gasteiger partial charge on any atom is 0.299 e. The number of amides is 2. The molecular weight excluding hydrogens is 407 g/mol. The highest BCUT2D eigenvalue weighted by atomic mass is 35.5. The molecule has 2 aromatic carbocycles. The molecule has 2 amide bonds. The second-order valence-electron chi connectivity index (χ2n) is 7.04. The Bertz CT molecular complexity index is 919. The van der Waals surface area contributed by atoms with E-state index in [4.69, 9.17) is 22.8 Å². The molecule has 1 aliphatic heterocycles.